The van der Waals surface area contributed by atoms with E-state index < -0.39 is 17.2 Å². The van der Waals surface area contributed by atoms with Gasteiger partial charge in [-0.1, -0.05) is 18.2 Å². The maximum absolute atomic E-state index is 14.7. The third kappa shape index (κ3) is 3.78. The summed E-state index contributed by atoms with van der Waals surface area (Å²) in [6.07, 6.45) is 4.33. The third-order valence-corrected chi connectivity index (χ3v) is 7.36. The molecule has 174 valence electrons. The molecule has 0 N–H and O–H groups in total. The van der Waals surface area contributed by atoms with Crippen LogP contribution in [0, 0.1) is 11.6 Å². The van der Waals surface area contributed by atoms with Crippen LogP contribution in [0.3, 0.4) is 0 Å². The van der Waals surface area contributed by atoms with Gasteiger partial charge in [-0.2, -0.15) is 0 Å². The van der Waals surface area contributed by atoms with Crippen LogP contribution in [0.1, 0.15) is 30.4 Å². The summed E-state index contributed by atoms with van der Waals surface area (Å²) in [5, 5.41) is 0. The largest absolute Gasteiger partial charge is 0.493 e. The van der Waals surface area contributed by atoms with E-state index >= 15 is 0 Å². The van der Waals surface area contributed by atoms with Crippen LogP contribution in [0.2, 0.25) is 0 Å². The highest BCUT2D eigenvalue weighted by atomic mass is 19.1. The van der Waals surface area contributed by atoms with Crippen LogP contribution in [0.15, 0.2) is 48.5 Å². The Kier molecular flexibility index (Phi) is 5.60. The van der Waals surface area contributed by atoms with E-state index in [4.69, 9.17) is 4.74 Å². The Hall–Kier alpha value is -2.93. The SMILES string of the molecule is CN1CCC(N(C)C(=O)N2CC(c3cc(F)ccc3F)=CC23CCOc2ccccc23)CC1. The number of fused-ring (bicyclic) bond motifs is 2. The number of nitrogens with zero attached hydrogens (tertiary/aromatic N) is 3. The Morgan fingerprint density at radius 2 is 1.91 bits per heavy atom. The first-order valence-electron chi connectivity index (χ1n) is 11.5. The average molecular weight is 454 g/mol. The molecule has 3 aliphatic heterocycles. The predicted octanol–water partition coefficient (Wildman–Crippen LogP) is 4.49. The normalized spacial score (nSPS) is 23.3. The fourth-order valence-electron chi connectivity index (χ4n) is 5.43. The lowest BCUT2D eigenvalue weighted by molar-refractivity contribution is 0.0801. The van der Waals surface area contributed by atoms with Crippen LogP contribution in [-0.4, -0.2) is 67.1 Å². The first-order chi connectivity index (χ1) is 15.9. The highest BCUT2D eigenvalue weighted by molar-refractivity contribution is 5.84. The lowest BCUT2D eigenvalue weighted by atomic mass is 9.83. The molecule has 2 aromatic carbocycles. The fourth-order valence-corrected chi connectivity index (χ4v) is 5.43. The number of rotatable bonds is 2. The molecule has 0 aromatic heterocycles. The van der Waals surface area contributed by atoms with E-state index in [1.54, 1.807) is 0 Å². The van der Waals surface area contributed by atoms with Gasteiger partial charge in [0.25, 0.3) is 0 Å². The van der Waals surface area contributed by atoms with Gasteiger partial charge < -0.3 is 19.4 Å². The minimum atomic E-state index is -0.764. The molecule has 3 heterocycles. The van der Waals surface area contributed by atoms with Gasteiger partial charge >= 0.3 is 6.03 Å². The summed E-state index contributed by atoms with van der Waals surface area (Å²) < 4.78 is 34.7. The number of benzene rings is 2. The average Bonchev–Trinajstić information content (AvgIpc) is 3.20. The van der Waals surface area contributed by atoms with E-state index in [1.165, 1.54) is 6.07 Å². The van der Waals surface area contributed by atoms with Crippen molar-refractivity contribution in [1.29, 1.82) is 0 Å². The molecule has 7 heteroatoms. The molecule has 5 nitrogen and oxygen atoms in total. The summed E-state index contributed by atoms with van der Waals surface area (Å²) in [5.74, 6) is -0.265. The highest BCUT2D eigenvalue weighted by Crippen LogP contribution is 2.48. The number of ether oxygens (including phenoxy) is 1. The zero-order valence-corrected chi connectivity index (χ0v) is 19.1. The maximum Gasteiger partial charge on any atom is 0.321 e. The first-order valence-corrected chi connectivity index (χ1v) is 11.5. The molecule has 3 aliphatic rings. The number of hydrogen-bond acceptors (Lipinski definition) is 3. The van der Waals surface area contributed by atoms with Gasteiger partial charge in [0.15, 0.2) is 0 Å². The molecule has 0 radical (unpaired) electrons. The molecule has 1 fully saturated rings. The number of halogens is 2. The second-order valence-corrected chi connectivity index (χ2v) is 9.33. The van der Waals surface area contributed by atoms with Crippen LogP contribution in [0.4, 0.5) is 13.6 Å². The van der Waals surface area contributed by atoms with E-state index in [2.05, 4.69) is 11.9 Å². The number of amides is 2. The minimum absolute atomic E-state index is 0.0932. The molecule has 0 bridgehead atoms. The number of para-hydroxylation sites is 1. The summed E-state index contributed by atoms with van der Waals surface area (Å²) in [6, 6.07) is 11.2. The Bertz CT molecular complexity index is 1100. The molecule has 1 atom stereocenters. The second-order valence-electron chi connectivity index (χ2n) is 9.33. The molecule has 1 saturated heterocycles. The van der Waals surface area contributed by atoms with Crippen molar-refractivity contribution in [2.24, 2.45) is 0 Å². The van der Waals surface area contributed by atoms with Crippen LogP contribution in [-0.2, 0) is 5.54 Å². The molecule has 0 aliphatic carbocycles. The summed E-state index contributed by atoms with van der Waals surface area (Å²) in [7, 11) is 3.95. The Morgan fingerprint density at radius 3 is 2.70 bits per heavy atom. The monoisotopic (exact) mass is 453 g/mol. The van der Waals surface area contributed by atoms with Crippen LogP contribution in [0.5, 0.6) is 5.75 Å². The van der Waals surface area contributed by atoms with Crippen molar-refractivity contribution in [3.63, 3.8) is 0 Å². The number of piperidine rings is 1. The van der Waals surface area contributed by atoms with Gasteiger partial charge in [-0.3, -0.25) is 0 Å². The summed E-state index contributed by atoms with van der Waals surface area (Å²) in [5.41, 5.74) is 0.942. The Labute approximate surface area is 193 Å². The van der Waals surface area contributed by atoms with E-state index in [-0.39, 0.29) is 24.2 Å². The molecule has 1 unspecified atom stereocenters. The first kappa shape index (κ1) is 21.9. The van der Waals surface area contributed by atoms with Crippen molar-refractivity contribution >= 4 is 11.6 Å². The van der Waals surface area contributed by atoms with E-state index in [0.29, 0.717) is 18.6 Å². The molecule has 1 spiro atoms. The second kappa shape index (κ2) is 8.45. The Balaban J connectivity index is 1.56. The van der Waals surface area contributed by atoms with Crippen molar-refractivity contribution in [1.82, 2.24) is 14.7 Å². The summed E-state index contributed by atoms with van der Waals surface area (Å²) in [4.78, 5) is 19.9. The minimum Gasteiger partial charge on any atom is -0.493 e. The smallest absolute Gasteiger partial charge is 0.321 e. The lowest BCUT2D eigenvalue weighted by Crippen LogP contribution is -2.55. The van der Waals surface area contributed by atoms with Gasteiger partial charge in [0.2, 0.25) is 0 Å². The van der Waals surface area contributed by atoms with Gasteiger partial charge in [-0.25, -0.2) is 13.6 Å². The zero-order chi connectivity index (χ0) is 23.2. The van der Waals surface area contributed by atoms with E-state index in [0.717, 1.165) is 49.4 Å². The van der Waals surface area contributed by atoms with Crippen LogP contribution in [0.25, 0.3) is 5.57 Å². The quantitative estimate of drug-likeness (QED) is 0.672. The molecule has 5 rings (SSSR count). The number of hydrogen-bond donors (Lipinski definition) is 0. The van der Waals surface area contributed by atoms with Gasteiger partial charge in [0.1, 0.15) is 17.4 Å². The summed E-state index contributed by atoms with van der Waals surface area (Å²) in [6.45, 7) is 2.54. The van der Waals surface area contributed by atoms with Crippen molar-refractivity contribution < 1.29 is 18.3 Å². The number of urea groups is 1. The number of carbonyl (C=O) groups excluding carboxylic acids is 1. The van der Waals surface area contributed by atoms with Crippen LogP contribution < -0.4 is 4.74 Å². The van der Waals surface area contributed by atoms with Gasteiger partial charge in [-0.05, 0) is 68.9 Å². The van der Waals surface area contributed by atoms with Crippen molar-refractivity contribution in [3.8, 4) is 5.75 Å². The standard InChI is InChI=1S/C26H29F2N3O2/c1-29-12-9-20(10-13-29)30(2)25(32)31-17-18(21-15-19(27)7-8-23(21)28)16-26(31)11-14-33-24-6-4-3-5-22(24)26/h3-8,15-16,20H,9-14,17H2,1-2H3. The maximum atomic E-state index is 14.7. The summed E-state index contributed by atoms with van der Waals surface area (Å²) >= 11 is 0. The van der Waals surface area contributed by atoms with Gasteiger partial charge in [-0.15, -0.1) is 0 Å². The predicted molar refractivity (Wildman–Crippen MR) is 123 cm³/mol. The van der Waals surface area contributed by atoms with E-state index in [9.17, 15) is 13.6 Å². The van der Waals surface area contributed by atoms with E-state index in [1.807, 2.05) is 47.2 Å². The molecule has 33 heavy (non-hydrogen) atoms. The molecular weight excluding hydrogens is 424 g/mol. The molecule has 0 saturated carbocycles. The molecule has 2 amide bonds. The fraction of sp³-hybridized carbons (Fsp3) is 0.423. The topological polar surface area (TPSA) is 36.0 Å². The molecule has 2 aromatic rings. The van der Waals surface area contributed by atoms with Crippen LogP contribution >= 0.6 is 0 Å². The van der Waals surface area contributed by atoms with Gasteiger partial charge in [0.05, 0.1) is 12.1 Å². The molecular formula is C26H29F2N3O2. The number of likely N-dealkylation sites (tertiary alicyclic amines) is 1. The van der Waals surface area contributed by atoms with Crippen molar-refractivity contribution in [2.45, 2.75) is 30.8 Å². The van der Waals surface area contributed by atoms with Crippen molar-refractivity contribution in [2.75, 3.05) is 40.3 Å². The number of carbonyl (C=O) groups is 1. The highest BCUT2D eigenvalue weighted by Gasteiger charge is 2.49. The Morgan fingerprint density at radius 1 is 1.15 bits per heavy atom. The lowest BCUT2D eigenvalue weighted by Gasteiger charge is -2.45. The zero-order valence-electron chi connectivity index (χ0n) is 19.1. The van der Waals surface area contributed by atoms with Crippen molar-refractivity contribution in [3.05, 3.63) is 71.3 Å². The van der Waals surface area contributed by atoms with Gasteiger partial charge in [0, 0.05) is 37.2 Å². The third-order valence-electron chi connectivity index (χ3n) is 7.36.